The van der Waals surface area contributed by atoms with E-state index in [9.17, 15) is 4.79 Å². The number of benzene rings is 2. The first-order valence-electron chi connectivity index (χ1n) is 7.60. The van der Waals surface area contributed by atoms with Crippen LogP contribution in [0, 0.1) is 0 Å². The maximum Gasteiger partial charge on any atom is 0.255 e. The molecular weight excluding hydrogens is 358 g/mol. The second-order valence-corrected chi connectivity index (χ2v) is 6.40. The molecule has 3 rings (SSSR count). The maximum absolute atomic E-state index is 12.4. The SMILES string of the molecule is CCOc1cc2c(cc1NC(=O)c1ccc(Br)cc1)O[C@H](C)C2. The van der Waals surface area contributed by atoms with Crippen molar-refractivity contribution in [2.45, 2.75) is 26.4 Å². The summed E-state index contributed by atoms with van der Waals surface area (Å²) in [5, 5.41) is 2.92. The summed E-state index contributed by atoms with van der Waals surface area (Å²) >= 11 is 3.36. The molecule has 2 aromatic rings. The zero-order chi connectivity index (χ0) is 16.4. The molecule has 1 N–H and O–H groups in total. The molecule has 1 aliphatic heterocycles. The van der Waals surface area contributed by atoms with Gasteiger partial charge in [0.25, 0.3) is 5.91 Å². The van der Waals surface area contributed by atoms with Crippen LogP contribution >= 0.6 is 15.9 Å². The number of hydrogen-bond acceptors (Lipinski definition) is 3. The summed E-state index contributed by atoms with van der Waals surface area (Å²) < 4.78 is 12.4. The monoisotopic (exact) mass is 375 g/mol. The molecule has 0 bridgehead atoms. The van der Waals surface area contributed by atoms with Crippen molar-refractivity contribution in [1.29, 1.82) is 0 Å². The molecule has 1 amide bonds. The van der Waals surface area contributed by atoms with Gasteiger partial charge in [0.2, 0.25) is 0 Å². The third-order valence-corrected chi connectivity index (χ3v) is 4.18. The summed E-state index contributed by atoms with van der Waals surface area (Å²) in [5.74, 6) is 1.31. The standard InChI is InChI=1S/C18H18BrNO3/c1-3-22-17-9-13-8-11(2)23-16(13)10-15(17)20-18(21)12-4-6-14(19)7-5-12/h4-7,9-11H,3,8H2,1-2H3,(H,20,21)/t11-/m1/s1. The van der Waals surface area contributed by atoms with Crippen molar-refractivity contribution < 1.29 is 14.3 Å². The highest BCUT2D eigenvalue weighted by molar-refractivity contribution is 9.10. The lowest BCUT2D eigenvalue weighted by atomic mass is 10.1. The topological polar surface area (TPSA) is 47.6 Å². The minimum atomic E-state index is -0.176. The van der Waals surface area contributed by atoms with Crippen LogP contribution in [0.5, 0.6) is 11.5 Å². The Labute approximate surface area is 143 Å². The van der Waals surface area contributed by atoms with Crippen LogP contribution in [0.15, 0.2) is 40.9 Å². The number of carbonyl (C=O) groups excluding carboxylic acids is 1. The number of anilines is 1. The number of hydrogen-bond donors (Lipinski definition) is 1. The Morgan fingerprint density at radius 1 is 1.35 bits per heavy atom. The summed E-state index contributed by atoms with van der Waals surface area (Å²) in [7, 11) is 0. The largest absolute Gasteiger partial charge is 0.492 e. The molecule has 1 aliphatic rings. The number of carbonyl (C=O) groups is 1. The molecule has 0 aliphatic carbocycles. The van der Waals surface area contributed by atoms with Gasteiger partial charge in [-0.2, -0.15) is 0 Å². The molecule has 5 heteroatoms. The molecule has 0 aromatic heterocycles. The van der Waals surface area contributed by atoms with Gasteiger partial charge >= 0.3 is 0 Å². The highest BCUT2D eigenvalue weighted by atomic mass is 79.9. The molecule has 0 unspecified atom stereocenters. The van der Waals surface area contributed by atoms with Crippen LogP contribution in [0.2, 0.25) is 0 Å². The molecule has 2 aromatic carbocycles. The molecule has 4 nitrogen and oxygen atoms in total. The summed E-state index contributed by atoms with van der Waals surface area (Å²) in [5.41, 5.74) is 2.33. The van der Waals surface area contributed by atoms with Gasteiger partial charge in [-0.1, -0.05) is 15.9 Å². The summed E-state index contributed by atoms with van der Waals surface area (Å²) in [4.78, 5) is 12.4. The molecule has 0 radical (unpaired) electrons. The van der Waals surface area contributed by atoms with Crippen LogP contribution in [-0.4, -0.2) is 18.6 Å². The minimum Gasteiger partial charge on any atom is -0.492 e. The highest BCUT2D eigenvalue weighted by Crippen LogP contribution is 2.38. The molecule has 1 heterocycles. The fourth-order valence-corrected chi connectivity index (χ4v) is 2.87. The molecule has 0 saturated carbocycles. The van der Waals surface area contributed by atoms with Crippen molar-refractivity contribution in [2.24, 2.45) is 0 Å². The molecule has 0 fully saturated rings. The van der Waals surface area contributed by atoms with Gasteiger partial charge in [0.1, 0.15) is 17.6 Å². The number of amides is 1. The summed E-state index contributed by atoms with van der Waals surface area (Å²) in [6.07, 6.45) is 1.01. The van der Waals surface area contributed by atoms with E-state index in [-0.39, 0.29) is 12.0 Å². The van der Waals surface area contributed by atoms with E-state index >= 15 is 0 Å². The number of halogens is 1. The molecule has 0 spiro atoms. The zero-order valence-corrected chi connectivity index (χ0v) is 14.6. The van der Waals surface area contributed by atoms with Gasteiger partial charge < -0.3 is 14.8 Å². The van der Waals surface area contributed by atoms with Crippen LogP contribution in [-0.2, 0) is 6.42 Å². The minimum absolute atomic E-state index is 0.150. The second-order valence-electron chi connectivity index (χ2n) is 5.48. The van der Waals surface area contributed by atoms with Crippen molar-refractivity contribution >= 4 is 27.5 Å². The van der Waals surface area contributed by atoms with Gasteiger partial charge in [-0.15, -0.1) is 0 Å². The average molecular weight is 376 g/mol. The van der Waals surface area contributed by atoms with Crippen molar-refractivity contribution in [3.63, 3.8) is 0 Å². The van der Waals surface area contributed by atoms with Gasteiger partial charge in [0.05, 0.1) is 12.3 Å². The Bertz CT molecular complexity index is 728. The number of rotatable bonds is 4. The Kier molecular flexibility index (Phi) is 4.57. The van der Waals surface area contributed by atoms with Crippen LogP contribution < -0.4 is 14.8 Å². The Morgan fingerprint density at radius 3 is 2.78 bits per heavy atom. The normalized spacial score (nSPS) is 15.7. The van der Waals surface area contributed by atoms with Gasteiger partial charge in [0.15, 0.2) is 0 Å². The van der Waals surface area contributed by atoms with E-state index in [0.717, 1.165) is 22.2 Å². The maximum atomic E-state index is 12.4. The number of ether oxygens (including phenoxy) is 2. The second kappa shape index (κ2) is 6.62. The fraction of sp³-hybridized carbons (Fsp3) is 0.278. The first-order chi connectivity index (χ1) is 11.1. The van der Waals surface area contributed by atoms with Crippen LogP contribution in [0.25, 0.3) is 0 Å². The molecule has 1 atom stereocenters. The van der Waals surface area contributed by atoms with Crippen LogP contribution in [0.3, 0.4) is 0 Å². The third-order valence-electron chi connectivity index (χ3n) is 3.65. The van der Waals surface area contributed by atoms with Crippen molar-refractivity contribution in [1.82, 2.24) is 0 Å². The molecule has 0 saturated heterocycles. The lowest BCUT2D eigenvalue weighted by Crippen LogP contribution is -2.13. The number of nitrogens with one attached hydrogen (secondary N) is 1. The summed E-state index contributed by atoms with van der Waals surface area (Å²) in [6.45, 7) is 4.49. The van der Waals surface area contributed by atoms with Crippen molar-refractivity contribution in [2.75, 3.05) is 11.9 Å². The number of fused-ring (bicyclic) bond motifs is 1. The Morgan fingerprint density at radius 2 is 2.09 bits per heavy atom. The van der Waals surface area contributed by atoms with Crippen molar-refractivity contribution in [3.8, 4) is 11.5 Å². The van der Waals surface area contributed by atoms with Crippen LogP contribution in [0.4, 0.5) is 5.69 Å². The molecule has 23 heavy (non-hydrogen) atoms. The van der Waals surface area contributed by atoms with E-state index in [2.05, 4.69) is 21.2 Å². The Balaban J connectivity index is 1.88. The third kappa shape index (κ3) is 3.50. The first-order valence-corrected chi connectivity index (χ1v) is 8.39. The van der Waals surface area contributed by atoms with Crippen molar-refractivity contribution in [3.05, 3.63) is 52.0 Å². The molecular formula is C18H18BrNO3. The Hall–Kier alpha value is -2.01. The first kappa shape index (κ1) is 15.9. The summed E-state index contributed by atoms with van der Waals surface area (Å²) in [6, 6.07) is 11.0. The fourth-order valence-electron chi connectivity index (χ4n) is 2.61. The predicted molar refractivity (Wildman–Crippen MR) is 93.5 cm³/mol. The highest BCUT2D eigenvalue weighted by Gasteiger charge is 2.22. The van der Waals surface area contributed by atoms with Crippen LogP contribution in [0.1, 0.15) is 29.8 Å². The van der Waals surface area contributed by atoms with Gasteiger partial charge in [-0.05, 0) is 44.2 Å². The predicted octanol–water partition coefficient (Wildman–Crippen LogP) is 4.42. The lowest BCUT2D eigenvalue weighted by Gasteiger charge is -2.13. The lowest BCUT2D eigenvalue weighted by molar-refractivity contribution is 0.102. The molecule has 120 valence electrons. The van der Waals surface area contributed by atoms with E-state index in [1.54, 1.807) is 12.1 Å². The van der Waals surface area contributed by atoms with E-state index in [4.69, 9.17) is 9.47 Å². The quantitative estimate of drug-likeness (QED) is 0.859. The average Bonchev–Trinajstić information content (AvgIpc) is 2.87. The van der Waals surface area contributed by atoms with Gasteiger partial charge in [-0.25, -0.2) is 0 Å². The van der Waals surface area contributed by atoms with E-state index < -0.39 is 0 Å². The van der Waals surface area contributed by atoms with Gasteiger partial charge in [-0.3, -0.25) is 4.79 Å². The van der Waals surface area contributed by atoms with E-state index in [1.165, 1.54) is 0 Å². The van der Waals surface area contributed by atoms with Gasteiger partial charge in [0, 0.05) is 28.1 Å². The van der Waals surface area contributed by atoms with E-state index in [1.807, 2.05) is 38.1 Å². The zero-order valence-electron chi connectivity index (χ0n) is 13.1. The van der Waals surface area contributed by atoms with E-state index in [0.29, 0.717) is 23.6 Å². The smallest absolute Gasteiger partial charge is 0.255 e.